The minimum atomic E-state index is -0.120. The van der Waals surface area contributed by atoms with Gasteiger partial charge in [0, 0.05) is 7.11 Å². The number of ether oxygens (including phenoxy) is 1. The van der Waals surface area contributed by atoms with Crippen LogP contribution >= 0.6 is 0 Å². The van der Waals surface area contributed by atoms with Crippen LogP contribution in [0.1, 0.15) is 37.3 Å². The summed E-state index contributed by atoms with van der Waals surface area (Å²) in [7, 11) is 1.70. The highest BCUT2D eigenvalue weighted by Gasteiger charge is 2.02. The third kappa shape index (κ3) is 8.60. The lowest BCUT2D eigenvalue weighted by atomic mass is 10.0. The largest absolute Gasteiger partial charge is 0.393 e. The molecule has 22 heavy (non-hydrogen) atoms. The Morgan fingerprint density at radius 3 is 1.91 bits per heavy atom. The molecule has 0 spiro atoms. The van der Waals surface area contributed by atoms with E-state index in [2.05, 4.69) is 19.1 Å². The maximum Gasteiger partial charge on any atom is 0.0713 e. The van der Waals surface area contributed by atoms with E-state index in [9.17, 15) is 5.11 Å². The minimum absolute atomic E-state index is 0.120. The number of aliphatic hydroxyl groups is 1. The van der Waals surface area contributed by atoms with Gasteiger partial charge in [0.25, 0.3) is 0 Å². The maximum absolute atomic E-state index is 9.51. The van der Waals surface area contributed by atoms with Crippen molar-refractivity contribution in [1.82, 2.24) is 0 Å². The Morgan fingerprint density at radius 1 is 0.864 bits per heavy atom. The summed E-state index contributed by atoms with van der Waals surface area (Å²) in [6, 6.07) is 20.4. The fourth-order valence-corrected chi connectivity index (χ4v) is 2.20. The van der Waals surface area contributed by atoms with E-state index in [0.29, 0.717) is 6.61 Å². The molecule has 0 saturated heterocycles. The lowest BCUT2D eigenvalue weighted by Crippen LogP contribution is -2.06. The molecule has 0 bridgehead atoms. The Hall–Kier alpha value is -1.64. The highest BCUT2D eigenvalue weighted by Crippen LogP contribution is 2.08. The summed E-state index contributed by atoms with van der Waals surface area (Å²) < 4.78 is 4.93. The Kier molecular flexibility index (Phi) is 10.0. The van der Waals surface area contributed by atoms with Crippen LogP contribution in [0.2, 0.25) is 0 Å². The van der Waals surface area contributed by atoms with E-state index in [1.807, 2.05) is 48.5 Å². The monoisotopic (exact) mass is 300 g/mol. The Labute approximate surface area is 134 Å². The normalized spacial score (nSPS) is 11.4. The maximum atomic E-state index is 9.51. The molecule has 2 heteroatoms. The summed E-state index contributed by atoms with van der Waals surface area (Å²) >= 11 is 0. The van der Waals surface area contributed by atoms with E-state index >= 15 is 0 Å². The molecule has 1 atom stereocenters. The van der Waals surface area contributed by atoms with Gasteiger partial charge in [0.15, 0.2) is 0 Å². The van der Waals surface area contributed by atoms with Gasteiger partial charge in [0.05, 0.1) is 12.7 Å². The molecule has 0 saturated carbocycles. The zero-order valence-electron chi connectivity index (χ0n) is 13.7. The quantitative estimate of drug-likeness (QED) is 0.809. The molecule has 0 fully saturated rings. The van der Waals surface area contributed by atoms with Crippen LogP contribution < -0.4 is 0 Å². The Bertz CT molecular complexity index is 468. The van der Waals surface area contributed by atoms with E-state index in [-0.39, 0.29) is 6.10 Å². The zero-order valence-corrected chi connectivity index (χ0v) is 13.7. The average molecular weight is 300 g/mol. The van der Waals surface area contributed by atoms with Crippen molar-refractivity contribution >= 4 is 0 Å². The highest BCUT2D eigenvalue weighted by atomic mass is 16.5. The summed E-state index contributed by atoms with van der Waals surface area (Å²) in [6.45, 7) is 2.81. The number of hydrogen-bond donors (Lipinski definition) is 1. The standard InChI is InChI=1S/C12H18O.C8H10O/c1-2-6-12(13)10-9-11-7-4-3-5-8-11;1-9-7-8-5-3-2-4-6-8/h3-5,7-8,12-13H,2,6,9-10H2,1H3;2-6H,7H2,1H3. The van der Waals surface area contributed by atoms with Crippen molar-refractivity contribution in [1.29, 1.82) is 0 Å². The smallest absolute Gasteiger partial charge is 0.0713 e. The van der Waals surface area contributed by atoms with Crippen molar-refractivity contribution in [2.24, 2.45) is 0 Å². The first-order chi connectivity index (χ1) is 10.8. The molecule has 1 unspecified atom stereocenters. The summed E-state index contributed by atoms with van der Waals surface area (Å²) in [5.74, 6) is 0. The van der Waals surface area contributed by atoms with Crippen molar-refractivity contribution in [3.8, 4) is 0 Å². The molecule has 0 heterocycles. The third-order valence-electron chi connectivity index (χ3n) is 3.38. The molecule has 0 aliphatic rings. The number of aliphatic hydroxyl groups excluding tert-OH is 1. The number of aryl methyl sites for hydroxylation is 1. The fraction of sp³-hybridized carbons (Fsp3) is 0.400. The van der Waals surface area contributed by atoms with Crippen molar-refractivity contribution < 1.29 is 9.84 Å². The van der Waals surface area contributed by atoms with Gasteiger partial charge in [-0.15, -0.1) is 0 Å². The molecule has 2 rings (SSSR count). The van der Waals surface area contributed by atoms with Crippen LogP contribution in [0, 0.1) is 0 Å². The molecule has 0 radical (unpaired) electrons. The van der Waals surface area contributed by atoms with Gasteiger partial charge in [-0.1, -0.05) is 74.0 Å². The van der Waals surface area contributed by atoms with Crippen LogP contribution in [0.3, 0.4) is 0 Å². The predicted octanol–water partition coefficient (Wildman–Crippen LogP) is 4.61. The van der Waals surface area contributed by atoms with Gasteiger partial charge in [-0.25, -0.2) is 0 Å². The first kappa shape index (κ1) is 18.4. The Morgan fingerprint density at radius 2 is 1.41 bits per heavy atom. The van der Waals surface area contributed by atoms with E-state index in [1.165, 1.54) is 11.1 Å². The van der Waals surface area contributed by atoms with Gasteiger partial charge in [0.1, 0.15) is 0 Å². The van der Waals surface area contributed by atoms with Gasteiger partial charge < -0.3 is 9.84 Å². The lowest BCUT2D eigenvalue weighted by Gasteiger charge is -2.08. The molecular formula is C20H28O2. The summed E-state index contributed by atoms with van der Waals surface area (Å²) in [5.41, 5.74) is 2.54. The van der Waals surface area contributed by atoms with Crippen LogP contribution in [0.4, 0.5) is 0 Å². The average Bonchev–Trinajstić information content (AvgIpc) is 2.56. The second-order valence-electron chi connectivity index (χ2n) is 5.39. The highest BCUT2D eigenvalue weighted by molar-refractivity contribution is 5.14. The summed E-state index contributed by atoms with van der Waals surface area (Å²) in [4.78, 5) is 0. The second-order valence-corrected chi connectivity index (χ2v) is 5.39. The van der Waals surface area contributed by atoms with Crippen molar-refractivity contribution in [3.05, 3.63) is 71.8 Å². The van der Waals surface area contributed by atoms with Crippen LogP contribution in [-0.4, -0.2) is 18.3 Å². The van der Waals surface area contributed by atoms with E-state index < -0.39 is 0 Å². The van der Waals surface area contributed by atoms with Crippen LogP contribution in [-0.2, 0) is 17.8 Å². The van der Waals surface area contributed by atoms with Crippen LogP contribution in [0.5, 0.6) is 0 Å². The summed E-state index contributed by atoms with van der Waals surface area (Å²) in [6.07, 6.45) is 3.74. The molecule has 1 N–H and O–H groups in total. The predicted molar refractivity (Wildman–Crippen MR) is 92.8 cm³/mol. The molecule has 2 aromatic rings. The van der Waals surface area contributed by atoms with Crippen molar-refractivity contribution in [2.75, 3.05) is 7.11 Å². The number of methoxy groups -OCH3 is 1. The SMILES string of the molecule is CCCC(O)CCc1ccccc1.COCc1ccccc1. The van der Waals surface area contributed by atoms with E-state index in [0.717, 1.165) is 25.7 Å². The first-order valence-corrected chi connectivity index (χ1v) is 8.01. The second kappa shape index (κ2) is 12.0. The Balaban J connectivity index is 0.000000235. The zero-order chi connectivity index (χ0) is 16.0. The van der Waals surface area contributed by atoms with Crippen molar-refractivity contribution in [2.45, 2.75) is 45.3 Å². The van der Waals surface area contributed by atoms with Gasteiger partial charge in [0.2, 0.25) is 0 Å². The molecule has 2 nitrogen and oxygen atoms in total. The van der Waals surface area contributed by atoms with Crippen LogP contribution in [0.25, 0.3) is 0 Å². The van der Waals surface area contributed by atoms with Crippen molar-refractivity contribution in [3.63, 3.8) is 0 Å². The minimum Gasteiger partial charge on any atom is -0.393 e. The fourth-order valence-electron chi connectivity index (χ4n) is 2.20. The van der Waals surface area contributed by atoms with E-state index in [1.54, 1.807) is 7.11 Å². The molecule has 0 aliphatic heterocycles. The van der Waals surface area contributed by atoms with E-state index in [4.69, 9.17) is 4.74 Å². The number of hydrogen-bond acceptors (Lipinski definition) is 2. The molecule has 120 valence electrons. The third-order valence-corrected chi connectivity index (χ3v) is 3.38. The molecule has 0 amide bonds. The topological polar surface area (TPSA) is 29.5 Å². The molecule has 2 aromatic carbocycles. The lowest BCUT2D eigenvalue weighted by molar-refractivity contribution is 0.154. The molecular weight excluding hydrogens is 272 g/mol. The van der Waals surface area contributed by atoms with Gasteiger partial charge in [-0.2, -0.15) is 0 Å². The van der Waals surface area contributed by atoms with Gasteiger partial charge in [-0.05, 0) is 30.4 Å². The first-order valence-electron chi connectivity index (χ1n) is 8.01. The molecule has 0 aromatic heterocycles. The van der Waals surface area contributed by atoms with Crippen LogP contribution in [0.15, 0.2) is 60.7 Å². The number of rotatable bonds is 7. The van der Waals surface area contributed by atoms with Gasteiger partial charge in [-0.3, -0.25) is 0 Å². The number of benzene rings is 2. The van der Waals surface area contributed by atoms with Gasteiger partial charge >= 0.3 is 0 Å². The molecule has 0 aliphatic carbocycles. The summed E-state index contributed by atoms with van der Waals surface area (Å²) in [5, 5.41) is 9.51.